The second-order valence-corrected chi connectivity index (χ2v) is 5.98. The lowest BCUT2D eigenvalue weighted by Crippen LogP contribution is -2.35. The Morgan fingerprint density at radius 1 is 1.05 bits per heavy atom. The average Bonchev–Trinajstić information content (AvgIpc) is 2.72. The second kappa shape index (κ2) is 5.13. The van der Waals surface area contributed by atoms with Crippen molar-refractivity contribution in [3.63, 3.8) is 0 Å². The maximum Gasteiger partial charge on any atom is 0.247 e. The number of aromatic nitrogens is 2. The quantitative estimate of drug-likeness (QED) is 0.919. The van der Waals surface area contributed by atoms with E-state index in [0.717, 1.165) is 5.56 Å². The Bertz CT molecular complexity index is 547. The highest BCUT2D eigenvalue weighted by molar-refractivity contribution is 5.55. The number of benzene rings is 1. The predicted octanol–water partition coefficient (Wildman–Crippen LogP) is 3.24. The first-order valence-corrected chi connectivity index (χ1v) is 6.49. The molecule has 0 saturated heterocycles. The molecule has 0 aliphatic heterocycles. The van der Waals surface area contributed by atoms with Gasteiger partial charge in [-0.15, -0.1) is 10.2 Å². The lowest BCUT2D eigenvalue weighted by Gasteiger charge is -2.18. The van der Waals surface area contributed by atoms with E-state index in [1.807, 2.05) is 0 Å². The number of nitrogens with zero attached hydrogens (tertiary/aromatic N) is 2. The van der Waals surface area contributed by atoms with Crippen molar-refractivity contribution in [2.24, 2.45) is 0 Å². The first kappa shape index (κ1) is 13.7. The van der Waals surface area contributed by atoms with Crippen molar-refractivity contribution in [3.8, 4) is 11.5 Å². The molecule has 1 aromatic carbocycles. The van der Waals surface area contributed by atoms with E-state index >= 15 is 0 Å². The molecule has 1 N–H and O–H groups in total. The van der Waals surface area contributed by atoms with Crippen molar-refractivity contribution in [1.29, 1.82) is 0 Å². The van der Waals surface area contributed by atoms with Gasteiger partial charge in [-0.3, -0.25) is 0 Å². The Labute approximate surface area is 114 Å². The van der Waals surface area contributed by atoms with Crippen LogP contribution in [0.15, 0.2) is 22.6 Å². The van der Waals surface area contributed by atoms with Gasteiger partial charge in [0.05, 0.1) is 6.54 Å². The molecule has 4 nitrogen and oxygen atoms in total. The van der Waals surface area contributed by atoms with Crippen LogP contribution in [0.3, 0.4) is 0 Å². The first-order chi connectivity index (χ1) is 8.83. The Morgan fingerprint density at radius 2 is 1.68 bits per heavy atom. The van der Waals surface area contributed by atoms with Gasteiger partial charge in [-0.2, -0.15) is 0 Å². The number of hydrogen-bond acceptors (Lipinski definition) is 4. The van der Waals surface area contributed by atoms with Gasteiger partial charge >= 0.3 is 0 Å². The highest BCUT2D eigenvalue weighted by Crippen LogP contribution is 2.21. The zero-order chi connectivity index (χ0) is 14.0. The lowest BCUT2D eigenvalue weighted by molar-refractivity contribution is 0.383. The monoisotopic (exact) mass is 259 g/mol. The van der Waals surface area contributed by atoms with E-state index < -0.39 is 0 Å². The number of nitrogens with one attached hydrogen (secondary N) is 1. The predicted molar refractivity (Wildman–Crippen MR) is 75.8 cm³/mol. The maximum atomic E-state index is 5.69. The zero-order valence-electron chi connectivity index (χ0n) is 12.2. The molecule has 102 valence electrons. The summed E-state index contributed by atoms with van der Waals surface area (Å²) < 4.78 is 5.69. The number of hydrogen-bond donors (Lipinski definition) is 1. The molecule has 1 aromatic heterocycles. The highest BCUT2D eigenvalue weighted by atomic mass is 16.4. The molecule has 0 bridgehead atoms. The van der Waals surface area contributed by atoms with Crippen LogP contribution < -0.4 is 5.32 Å². The minimum atomic E-state index is 0.0363. The van der Waals surface area contributed by atoms with E-state index in [4.69, 9.17) is 4.42 Å². The van der Waals surface area contributed by atoms with Crippen LogP contribution in [0.1, 0.15) is 37.8 Å². The van der Waals surface area contributed by atoms with Crippen LogP contribution in [0, 0.1) is 13.8 Å². The van der Waals surface area contributed by atoms with Crippen molar-refractivity contribution >= 4 is 0 Å². The molecule has 0 atom stereocenters. The van der Waals surface area contributed by atoms with E-state index in [9.17, 15) is 0 Å². The van der Waals surface area contributed by atoms with Gasteiger partial charge in [-0.25, -0.2) is 0 Å². The number of aryl methyl sites for hydroxylation is 2. The van der Waals surface area contributed by atoms with E-state index in [0.29, 0.717) is 18.3 Å². The smallest absolute Gasteiger partial charge is 0.247 e. The largest absolute Gasteiger partial charge is 0.419 e. The normalized spacial score (nSPS) is 11.8. The summed E-state index contributed by atoms with van der Waals surface area (Å²) in [5.41, 5.74) is 3.41. The van der Waals surface area contributed by atoms with Crippen LogP contribution in [-0.4, -0.2) is 15.7 Å². The van der Waals surface area contributed by atoms with E-state index in [1.165, 1.54) is 11.1 Å². The third-order valence-electron chi connectivity index (χ3n) is 2.71. The minimum absolute atomic E-state index is 0.0363. The average molecular weight is 259 g/mol. The third kappa shape index (κ3) is 3.89. The van der Waals surface area contributed by atoms with Crippen molar-refractivity contribution in [3.05, 3.63) is 35.2 Å². The summed E-state index contributed by atoms with van der Waals surface area (Å²) in [6.45, 7) is 11.0. The maximum absolute atomic E-state index is 5.69. The molecule has 1 heterocycles. The molecule has 2 aromatic rings. The Hall–Kier alpha value is -1.68. The molecule has 2 rings (SSSR count). The molecule has 0 radical (unpaired) electrons. The van der Waals surface area contributed by atoms with Crippen molar-refractivity contribution in [1.82, 2.24) is 15.5 Å². The van der Waals surface area contributed by atoms with Crippen LogP contribution in [0.4, 0.5) is 0 Å². The van der Waals surface area contributed by atoms with Gasteiger partial charge in [-0.05, 0) is 46.8 Å². The Morgan fingerprint density at radius 3 is 2.26 bits per heavy atom. The van der Waals surface area contributed by atoms with Crippen LogP contribution in [0.5, 0.6) is 0 Å². The summed E-state index contributed by atoms with van der Waals surface area (Å²) in [6, 6.07) is 6.24. The van der Waals surface area contributed by atoms with Gasteiger partial charge in [0, 0.05) is 11.1 Å². The molecule has 19 heavy (non-hydrogen) atoms. The van der Waals surface area contributed by atoms with E-state index in [2.05, 4.69) is 68.3 Å². The fraction of sp³-hybridized carbons (Fsp3) is 0.467. The SMILES string of the molecule is Cc1cc(C)cc(-c2nnc(CNC(C)(C)C)o2)c1. The van der Waals surface area contributed by atoms with Crippen molar-refractivity contribution in [2.75, 3.05) is 0 Å². The van der Waals surface area contributed by atoms with Gasteiger partial charge in [0.15, 0.2) is 0 Å². The van der Waals surface area contributed by atoms with Crippen LogP contribution in [0.2, 0.25) is 0 Å². The van der Waals surface area contributed by atoms with Gasteiger partial charge in [0.2, 0.25) is 11.8 Å². The van der Waals surface area contributed by atoms with Crippen molar-refractivity contribution < 1.29 is 4.42 Å². The van der Waals surface area contributed by atoms with Crippen molar-refractivity contribution in [2.45, 2.75) is 46.7 Å². The standard InChI is InChI=1S/C15H21N3O/c1-10-6-11(2)8-12(7-10)14-18-17-13(19-14)9-16-15(3,4)5/h6-8,16H,9H2,1-5H3. The van der Waals surface area contributed by atoms with Gasteiger partial charge in [0.25, 0.3) is 0 Å². The third-order valence-corrected chi connectivity index (χ3v) is 2.71. The summed E-state index contributed by atoms with van der Waals surface area (Å²) >= 11 is 0. The first-order valence-electron chi connectivity index (χ1n) is 6.49. The topological polar surface area (TPSA) is 51.0 Å². The van der Waals surface area contributed by atoms with Gasteiger partial charge in [0.1, 0.15) is 0 Å². The summed E-state index contributed by atoms with van der Waals surface area (Å²) in [6.07, 6.45) is 0. The molecule has 0 unspecified atom stereocenters. The fourth-order valence-electron chi connectivity index (χ4n) is 1.88. The molecular formula is C15H21N3O. The lowest BCUT2D eigenvalue weighted by atomic mass is 10.1. The molecule has 0 aliphatic carbocycles. The van der Waals surface area contributed by atoms with E-state index in [1.54, 1.807) is 0 Å². The zero-order valence-corrected chi connectivity index (χ0v) is 12.2. The molecular weight excluding hydrogens is 238 g/mol. The molecule has 0 spiro atoms. The molecule has 0 amide bonds. The summed E-state index contributed by atoms with van der Waals surface area (Å²) in [5.74, 6) is 1.20. The van der Waals surface area contributed by atoms with Crippen LogP contribution >= 0.6 is 0 Å². The fourth-order valence-corrected chi connectivity index (χ4v) is 1.88. The van der Waals surface area contributed by atoms with Crippen LogP contribution in [-0.2, 0) is 6.54 Å². The second-order valence-electron chi connectivity index (χ2n) is 5.98. The molecule has 0 aliphatic rings. The van der Waals surface area contributed by atoms with E-state index in [-0.39, 0.29) is 5.54 Å². The molecule has 4 heteroatoms. The summed E-state index contributed by atoms with van der Waals surface area (Å²) in [7, 11) is 0. The summed E-state index contributed by atoms with van der Waals surface area (Å²) in [4.78, 5) is 0. The minimum Gasteiger partial charge on any atom is -0.419 e. The molecule has 0 saturated carbocycles. The Kier molecular flexibility index (Phi) is 3.71. The summed E-state index contributed by atoms with van der Waals surface area (Å²) in [5, 5.41) is 11.5. The van der Waals surface area contributed by atoms with Gasteiger partial charge < -0.3 is 9.73 Å². The Balaban J connectivity index is 2.16. The molecule has 0 fully saturated rings. The van der Waals surface area contributed by atoms with Crippen LogP contribution in [0.25, 0.3) is 11.5 Å². The number of rotatable bonds is 3. The van der Waals surface area contributed by atoms with Gasteiger partial charge in [-0.1, -0.05) is 17.2 Å². The highest BCUT2D eigenvalue weighted by Gasteiger charge is 2.13.